The predicted octanol–water partition coefficient (Wildman–Crippen LogP) is 1.54. The first-order chi connectivity index (χ1) is 6.18. The van der Waals surface area contributed by atoms with Crippen molar-refractivity contribution in [3.63, 3.8) is 0 Å². The minimum absolute atomic E-state index is 0.0392. The Kier molecular flexibility index (Phi) is 2.00. The Morgan fingerprint density at radius 3 is 2.92 bits per heavy atom. The van der Waals surface area contributed by atoms with Crippen LogP contribution in [0.25, 0.3) is 0 Å². The van der Waals surface area contributed by atoms with E-state index in [-0.39, 0.29) is 5.69 Å². The second-order valence-electron chi connectivity index (χ2n) is 3.29. The van der Waals surface area contributed by atoms with Crippen LogP contribution in [0.2, 0.25) is 0 Å². The first kappa shape index (κ1) is 8.56. The molecule has 2 rings (SSSR count). The quantitative estimate of drug-likeness (QED) is 0.805. The van der Waals surface area contributed by atoms with Gasteiger partial charge in [-0.1, -0.05) is 0 Å². The first-order valence-corrected chi connectivity index (χ1v) is 4.48. The Balaban J connectivity index is 2.21. The van der Waals surface area contributed by atoms with Gasteiger partial charge in [-0.3, -0.25) is 0 Å². The van der Waals surface area contributed by atoms with E-state index in [0.29, 0.717) is 11.7 Å². The van der Waals surface area contributed by atoms with Gasteiger partial charge < -0.3 is 5.11 Å². The van der Waals surface area contributed by atoms with Gasteiger partial charge in [-0.15, -0.1) is 0 Å². The van der Waals surface area contributed by atoms with Gasteiger partial charge in [0.25, 0.3) is 0 Å². The highest BCUT2D eigenvalue weighted by molar-refractivity contribution is 6.17. The Morgan fingerprint density at radius 2 is 2.46 bits per heavy atom. The van der Waals surface area contributed by atoms with E-state index >= 15 is 0 Å². The summed E-state index contributed by atoms with van der Waals surface area (Å²) in [6, 6.07) is 0. The van der Waals surface area contributed by atoms with Crippen molar-refractivity contribution in [2.75, 3.05) is 0 Å². The second kappa shape index (κ2) is 3.03. The third-order valence-corrected chi connectivity index (χ3v) is 2.54. The third-order valence-electron chi connectivity index (χ3n) is 2.16. The van der Waals surface area contributed by atoms with Gasteiger partial charge in [0.15, 0.2) is 5.69 Å². The molecule has 1 heterocycles. The van der Waals surface area contributed by atoms with Gasteiger partial charge in [-0.25, -0.2) is 13.9 Å². The molecule has 5 heteroatoms. The van der Waals surface area contributed by atoms with Gasteiger partial charge in [0.1, 0.15) is 5.82 Å². The molecule has 1 N–H and O–H groups in total. The number of carboxylic acids is 1. The third kappa shape index (κ3) is 1.67. The molecule has 0 aromatic carbocycles. The van der Waals surface area contributed by atoms with Crippen LogP contribution in [0.4, 0.5) is 0 Å². The molecule has 1 aromatic rings. The summed E-state index contributed by atoms with van der Waals surface area (Å²) in [5.41, 5.74) is 0.0392. The lowest BCUT2D eigenvalue weighted by Gasteiger charge is -1.98. The zero-order valence-electron chi connectivity index (χ0n) is 6.90. The van der Waals surface area contributed by atoms with Crippen LogP contribution in [0.1, 0.15) is 29.2 Å². The SMILES string of the molecule is O=C(O)c1cnc(CC2CC2)n1Cl. The van der Waals surface area contributed by atoms with Crippen molar-refractivity contribution in [2.24, 2.45) is 5.92 Å². The lowest BCUT2D eigenvalue weighted by Crippen LogP contribution is -2.03. The number of aromatic carboxylic acids is 1. The smallest absolute Gasteiger partial charge is 0.355 e. The maximum absolute atomic E-state index is 10.6. The van der Waals surface area contributed by atoms with Crippen LogP contribution in [-0.4, -0.2) is 20.1 Å². The molecule has 0 unspecified atom stereocenters. The summed E-state index contributed by atoms with van der Waals surface area (Å²) in [4.78, 5) is 14.6. The van der Waals surface area contributed by atoms with Gasteiger partial charge in [0, 0.05) is 18.2 Å². The fourth-order valence-corrected chi connectivity index (χ4v) is 1.46. The van der Waals surface area contributed by atoms with Crippen molar-refractivity contribution in [2.45, 2.75) is 19.3 Å². The predicted molar refractivity (Wildman–Crippen MR) is 46.9 cm³/mol. The molecule has 0 aliphatic heterocycles. The standard InChI is InChI=1S/C8H9ClN2O2/c9-11-6(8(12)13)4-10-7(11)3-5-1-2-5/h4-5H,1-3H2,(H,12,13). The molecule has 0 radical (unpaired) electrons. The van der Waals surface area contributed by atoms with Crippen molar-refractivity contribution < 1.29 is 9.90 Å². The van der Waals surface area contributed by atoms with Gasteiger partial charge >= 0.3 is 5.97 Å². The van der Waals surface area contributed by atoms with Crippen molar-refractivity contribution in [3.05, 3.63) is 17.7 Å². The minimum Gasteiger partial charge on any atom is -0.476 e. The highest BCUT2D eigenvalue weighted by Gasteiger charge is 2.25. The molecule has 1 saturated carbocycles. The Morgan fingerprint density at radius 1 is 1.77 bits per heavy atom. The Bertz CT molecular complexity index is 344. The van der Waals surface area contributed by atoms with Crippen LogP contribution in [-0.2, 0) is 6.42 Å². The van der Waals surface area contributed by atoms with Crippen LogP contribution in [0.15, 0.2) is 6.20 Å². The average molecular weight is 201 g/mol. The lowest BCUT2D eigenvalue weighted by atomic mass is 10.3. The number of nitrogens with zero attached hydrogens (tertiary/aromatic N) is 2. The number of carboxylic acid groups (broad SMARTS) is 1. The van der Waals surface area contributed by atoms with E-state index in [4.69, 9.17) is 16.9 Å². The van der Waals surface area contributed by atoms with Crippen LogP contribution in [0, 0.1) is 5.92 Å². The fraction of sp³-hybridized carbons (Fsp3) is 0.500. The number of imidazole rings is 1. The van der Waals surface area contributed by atoms with E-state index in [1.54, 1.807) is 0 Å². The number of hydrogen-bond acceptors (Lipinski definition) is 2. The normalized spacial score (nSPS) is 16.1. The van der Waals surface area contributed by atoms with Crippen molar-refractivity contribution >= 4 is 17.7 Å². The molecule has 1 aromatic heterocycles. The van der Waals surface area contributed by atoms with Gasteiger partial charge in [-0.2, -0.15) is 0 Å². The highest BCUT2D eigenvalue weighted by atomic mass is 35.5. The Hall–Kier alpha value is -1.03. The number of rotatable bonds is 3. The largest absolute Gasteiger partial charge is 0.476 e. The molecule has 1 aliphatic rings. The summed E-state index contributed by atoms with van der Waals surface area (Å²) in [6.07, 6.45) is 4.49. The number of aromatic nitrogens is 2. The van der Waals surface area contributed by atoms with E-state index in [9.17, 15) is 4.79 Å². The van der Waals surface area contributed by atoms with Crippen molar-refractivity contribution in [3.8, 4) is 0 Å². The van der Waals surface area contributed by atoms with Gasteiger partial charge in [-0.05, 0) is 18.8 Å². The summed E-state index contributed by atoms with van der Waals surface area (Å²) in [6.45, 7) is 0. The van der Waals surface area contributed by atoms with Crippen LogP contribution in [0.3, 0.4) is 0 Å². The van der Waals surface area contributed by atoms with Crippen LogP contribution < -0.4 is 0 Å². The summed E-state index contributed by atoms with van der Waals surface area (Å²) in [5, 5.41) is 8.68. The van der Waals surface area contributed by atoms with Crippen LogP contribution in [0.5, 0.6) is 0 Å². The van der Waals surface area contributed by atoms with E-state index in [1.807, 2.05) is 0 Å². The molecule has 1 aliphatic carbocycles. The first-order valence-electron chi connectivity index (χ1n) is 4.14. The summed E-state index contributed by atoms with van der Waals surface area (Å²) in [5.74, 6) is 0.271. The van der Waals surface area contributed by atoms with Crippen LogP contribution >= 0.6 is 11.8 Å². The maximum atomic E-state index is 10.6. The molecular weight excluding hydrogens is 192 g/mol. The summed E-state index contributed by atoms with van der Waals surface area (Å²) in [7, 11) is 0. The monoisotopic (exact) mass is 200 g/mol. The molecule has 0 atom stereocenters. The molecule has 0 spiro atoms. The summed E-state index contributed by atoms with van der Waals surface area (Å²) < 4.78 is 1.14. The number of hydrogen-bond donors (Lipinski definition) is 1. The maximum Gasteiger partial charge on any atom is 0.355 e. The molecule has 1 fully saturated rings. The fourth-order valence-electron chi connectivity index (χ4n) is 1.23. The second-order valence-corrected chi connectivity index (χ2v) is 3.63. The zero-order chi connectivity index (χ0) is 9.42. The molecule has 0 saturated heterocycles. The molecule has 0 amide bonds. The van der Waals surface area contributed by atoms with E-state index in [1.165, 1.54) is 19.0 Å². The summed E-state index contributed by atoms with van der Waals surface area (Å²) >= 11 is 5.76. The number of carbonyl (C=O) groups is 1. The number of halogens is 1. The topological polar surface area (TPSA) is 55.1 Å². The van der Waals surface area contributed by atoms with Crippen molar-refractivity contribution in [1.29, 1.82) is 0 Å². The molecule has 0 bridgehead atoms. The van der Waals surface area contributed by atoms with E-state index in [2.05, 4.69) is 4.98 Å². The molecule has 13 heavy (non-hydrogen) atoms. The Labute approximate surface area is 80.3 Å². The molecular formula is C8H9ClN2O2. The van der Waals surface area contributed by atoms with Crippen molar-refractivity contribution in [1.82, 2.24) is 9.07 Å². The van der Waals surface area contributed by atoms with Gasteiger partial charge in [0.05, 0.1) is 6.20 Å². The molecule has 70 valence electrons. The lowest BCUT2D eigenvalue weighted by molar-refractivity contribution is 0.0689. The van der Waals surface area contributed by atoms with Gasteiger partial charge in [0.2, 0.25) is 0 Å². The average Bonchev–Trinajstić information content (AvgIpc) is 2.78. The van der Waals surface area contributed by atoms with E-state index in [0.717, 1.165) is 10.5 Å². The zero-order valence-corrected chi connectivity index (χ0v) is 7.66. The van der Waals surface area contributed by atoms with E-state index < -0.39 is 5.97 Å². The molecule has 4 nitrogen and oxygen atoms in total. The highest BCUT2D eigenvalue weighted by Crippen LogP contribution is 2.32. The minimum atomic E-state index is -1.04.